The largest absolute Gasteiger partial charge is 0.339 e. The summed E-state index contributed by atoms with van der Waals surface area (Å²) in [6.07, 6.45) is 0. The quantitative estimate of drug-likeness (QED) is 0.841. The number of nitrogens with zero attached hydrogens (tertiary/aromatic N) is 3. The predicted molar refractivity (Wildman–Crippen MR) is 93.4 cm³/mol. The van der Waals surface area contributed by atoms with E-state index in [-0.39, 0.29) is 17.6 Å². The fraction of sp³-hybridized carbons (Fsp3) is 0.368. The second-order valence-electron chi connectivity index (χ2n) is 6.37. The lowest BCUT2D eigenvalue weighted by molar-refractivity contribution is -0.130. The Labute approximate surface area is 146 Å². The van der Waals surface area contributed by atoms with Crippen molar-refractivity contribution in [3.63, 3.8) is 0 Å². The maximum Gasteiger partial charge on any atom is 0.255 e. The number of hydrogen-bond acceptors (Lipinski definition) is 2. The third-order valence-corrected chi connectivity index (χ3v) is 4.77. The molecule has 1 fully saturated rings. The van der Waals surface area contributed by atoms with Crippen LogP contribution in [0.2, 0.25) is 0 Å². The van der Waals surface area contributed by atoms with Crippen molar-refractivity contribution < 1.29 is 14.0 Å². The monoisotopic (exact) mass is 343 g/mol. The minimum atomic E-state index is -0.321. The van der Waals surface area contributed by atoms with E-state index in [1.54, 1.807) is 45.6 Å². The standard InChI is InChI=1S/C19H22FN3O2/c1-13-12-16(14(2)23(13)18-7-5-4-6-17(18)20)19(25)22-10-8-21(9-11-22)15(3)24/h4-7,12H,8-11H2,1-3H3. The van der Waals surface area contributed by atoms with Crippen molar-refractivity contribution in [3.8, 4) is 5.69 Å². The molecule has 1 aromatic carbocycles. The van der Waals surface area contributed by atoms with Gasteiger partial charge < -0.3 is 14.4 Å². The Bertz CT molecular complexity index is 820. The van der Waals surface area contributed by atoms with Crippen molar-refractivity contribution in [1.29, 1.82) is 0 Å². The van der Waals surface area contributed by atoms with Crippen molar-refractivity contribution in [2.45, 2.75) is 20.8 Å². The van der Waals surface area contributed by atoms with Gasteiger partial charge in [0.2, 0.25) is 5.91 Å². The van der Waals surface area contributed by atoms with E-state index in [4.69, 9.17) is 0 Å². The highest BCUT2D eigenvalue weighted by molar-refractivity contribution is 5.96. The predicted octanol–water partition coefficient (Wildman–Crippen LogP) is 2.54. The molecule has 6 heteroatoms. The smallest absolute Gasteiger partial charge is 0.255 e. The first-order valence-electron chi connectivity index (χ1n) is 8.38. The van der Waals surface area contributed by atoms with E-state index in [2.05, 4.69) is 0 Å². The molecule has 0 N–H and O–H groups in total. The second-order valence-corrected chi connectivity index (χ2v) is 6.37. The van der Waals surface area contributed by atoms with Crippen LogP contribution >= 0.6 is 0 Å². The van der Waals surface area contributed by atoms with Gasteiger partial charge in [-0.15, -0.1) is 0 Å². The maximum atomic E-state index is 14.2. The number of aryl methyl sites for hydroxylation is 1. The molecule has 0 saturated carbocycles. The highest BCUT2D eigenvalue weighted by atomic mass is 19.1. The molecule has 0 radical (unpaired) electrons. The molecule has 1 aromatic heterocycles. The molecule has 0 atom stereocenters. The van der Waals surface area contributed by atoms with Crippen LogP contribution in [-0.4, -0.2) is 52.4 Å². The Hall–Kier alpha value is -2.63. The van der Waals surface area contributed by atoms with Gasteiger partial charge in [0.15, 0.2) is 0 Å². The molecule has 2 heterocycles. The van der Waals surface area contributed by atoms with Gasteiger partial charge in [0, 0.05) is 44.5 Å². The van der Waals surface area contributed by atoms with Crippen molar-refractivity contribution in [2.75, 3.05) is 26.2 Å². The van der Waals surface area contributed by atoms with Crippen LogP contribution in [0.5, 0.6) is 0 Å². The van der Waals surface area contributed by atoms with Crippen LogP contribution in [0.4, 0.5) is 4.39 Å². The topological polar surface area (TPSA) is 45.6 Å². The number of halogens is 1. The van der Waals surface area contributed by atoms with Gasteiger partial charge in [-0.1, -0.05) is 12.1 Å². The lowest BCUT2D eigenvalue weighted by Crippen LogP contribution is -2.50. The molecular weight excluding hydrogens is 321 g/mol. The molecule has 132 valence electrons. The van der Waals surface area contributed by atoms with E-state index in [0.29, 0.717) is 37.4 Å². The summed E-state index contributed by atoms with van der Waals surface area (Å²) in [5.41, 5.74) is 2.56. The normalized spacial score (nSPS) is 14.7. The summed E-state index contributed by atoms with van der Waals surface area (Å²) in [5.74, 6) is -0.359. The van der Waals surface area contributed by atoms with Crippen LogP contribution in [0.3, 0.4) is 0 Å². The Morgan fingerprint density at radius 1 is 1.00 bits per heavy atom. The van der Waals surface area contributed by atoms with Gasteiger partial charge in [-0.05, 0) is 32.0 Å². The first kappa shape index (κ1) is 17.2. The van der Waals surface area contributed by atoms with Crippen molar-refractivity contribution in [3.05, 3.63) is 53.1 Å². The molecule has 2 amide bonds. The van der Waals surface area contributed by atoms with Gasteiger partial charge in [-0.3, -0.25) is 9.59 Å². The number of aromatic nitrogens is 1. The van der Waals surface area contributed by atoms with Gasteiger partial charge in [0.1, 0.15) is 5.82 Å². The van der Waals surface area contributed by atoms with Gasteiger partial charge in [0.25, 0.3) is 5.91 Å². The zero-order valence-corrected chi connectivity index (χ0v) is 14.8. The Kier molecular flexibility index (Phi) is 4.61. The number of hydrogen-bond donors (Lipinski definition) is 0. The lowest BCUT2D eigenvalue weighted by Gasteiger charge is -2.34. The first-order valence-corrected chi connectivity index (χ1v) is 8.38. The number of carbonyl (C=O) groups excluding carboxylic acids is 2. The number of benzene rings is 1. The summed E-state index contributed by atoms with van der Waals surface area (Å²) < 4.78 is 15.9. The molecule has 0 aliphatic carbocycles. The molecule has 5 nitrogen and oxygen atoms in total. The minimum Gasteiger partial charge on any atom is -0.339 e. The minimum absolute atomic E-state index is 0.0322. The third kappa shape index (κ3) is 3.16. The van der Waals surface area contributed by atoms with E-state index in [9.17, 15) is 14.0 Å². The number of carbonyl (C=O) groups is 2. The van der Waals surface area contributed by atoms with Crippen LogP contribution in [0.25, 0.3) is 5.69 Å². The van der Waals surface area contributed by atoms with E-state index < -0.39 is 0 Å². The average molecular weight is 343 g/mol. The van der Waals surface area contributed by atoms with Gasteiger partial charge >= 0.3 is 0 Å². The molecule has 1 aliphatic heterocycles. The highest BCUT2D eigenvalue weighted by Crippen LogP contribution is 2.24. The maximum absolute atomic E-state index is 14.2. The van der Waals surface area contributed by atoms with E-state index in [1.165, 1.54) is 6.07 Å². The van der Waals surface area contributed by atoms with E-state index in [0.717, 1.165) is 11.4 Å². The SMILES string of the molecule is CC(=O)N1CCN(C(=O)c2cc(C)n(-c3ccccc3F)c2C)CC1. The van der Waals surface area contributed by atoms with Crippen LogP contribution in [0, 0.1) is 19.7 Å². The molecule has 0 unspecified atom stereocenters. The summed E-state index contributed by atoms with van der Waals surface area (Å²) in [6.45, 7) is 7.37. The summed E-state index contributed by atoms with van der Waals surface area (Å²) in [4.78, 5) is 27.8. The fourth-order valence-electron chi connectivity index (χ4n) is 3.38. The number of amides is 2. The Morgan fingerprint density at radius 2 is 1.60 bits per heavy atom. The molecule has 0 spiro atoms. The highest BCUT2D eigenvalue weighted by Gasteiger charge is 2.26. The second kappa shape index (κ2) is 6.70. The molecule has 25 heavy (non-hydrogen) atoms. The van der Waals surface area contributed by atoms with Crippen LogP contribution in [-0.2, 0) is 4.79 Å². The third-order valence-electron chi connectivity index (χ3n) is 4.77. The first-order chi connectivity index (χ1) is 11.9. The van der Waals surface area contributed by atoms with Crippen molar-refractivity contribution in [2.24, 2.45) is 0 Å². The number of piperazine rings is 1. The van der Waals surface area contributed by atoms with Gasteiger partial charge in [-0.25, -0.2) is 4.39 Å². The number of para-hydroxylation sites is 1. The molecule has 0 bridgehead atoms. The van der Waals surface area contributed by atoms with Crippen molar-refractivity contribution >= 4 is 11.8 Å². The fourth-order valence-corrected chi connectivity index (χ4v) is 3.38. The molecule has 3 rings (SSSR count). The molecule has 2 aromatic rings. The zero-order chi connectivity index (χ0) is 18.1. The molecule has 1 aliphatic rings. The summed E-state index contributed by atoms with van der Waals surface area (Å²) in [6, 6.07) is 8.35. The van der Waals surface area contributed by atoms with Gasteiger partial charge in [-0.2, -0.15) is 0 Å². The average Bonchev–Trinajstić information content (AvgIpc) is 2.89. The zero-order valence-electron chi connectivity index (χ0n) is 14.8. The Morgan fingerprint density at radius 3 is 2.20 bits per heavy atom. The van der Waals surface area contributed by atoms with Crippen LogP contribution in [0.15, 0.2) is 30.3 Å². The molecule has 1 saturated heterocycles. The van der Waals surface area contributed by atoms with E-state index >= 15 is 0 Å². The van der Waals surface area contributed by atoms with Crippen molar-refractivity contribution in [1.82, 2.24) is 14.4 Å². The summed E-state index contributed by atoms with van der Waals surface area (Å²) in [7, 11) is 0. The molecular formula is C19H22FN3O2. The van der Waals surface area contributed by atoms with Crippen LogP contribution in [0.1, 0.15) is 28.7 Å². The Balaban J connectivity index is 1.87. The van der Waals surface area contributed by atoms with Gasteiger partial charge in [0.05, 0.1) is 11.3 Å². The van der Waals surface area contributed by atoms with E-state index in [1.807, 2.05) is 13.8 Å². The summed E-state index contributed by atoms with van der Waals surface area (Å²) >= 11 is 0. The lowest BCUT2D eigenvalue weighted by atomic mass is 10.2. The number of rotatable bonds is 2. The summed E-state index contributed by atoms with van der Waals surface area (Å²) in [5, 5.41) is 0. The van der Waals surface area contributed by atoms with Crippen LogP contribution < -0.4 is 0 Å².